The zero-order valence-electron chi connectivity index (χ0n) is 4.92. The van der Waals surface area contributed by atoms with Crippen molar-refractivity contribution in [2.24, 2.45) is 0 Å². The number of nitrogens with zero attached hydrogens (tertiary/aromatic N) is 2. The van der Waals surface area contributed by atoms with Gasteiger partial charge in [-0.05, 0) is 11.5 Å². The fraction of sp³-hybridized carbons (Fsp3) is 0.500. The van der Waals surface area contributed by atoms with Gasteiger partial charge in [0, 0.05) is 0 Å². The van der Waals surface area contributed by atoms with Gasteiger partial charge in [-0.2, -0.15) is 0 Å². The Hall–Kier alpha value is -1.06. The number of rotatable bonds is 2. The molecular weight excluding hydrogens is 108 g/mol. The van der Waals surface area contributed by atoms with Gasteiger partial charge in [-0.15, -0.1) is 0 Å². The summed E-state index contributed by atoms with van der Waals surface area (Å²) in [6.45, 7) is 3.18. The maximum atomic E-state index is 9.81. The maximum absolute atomic E-state index is 9.81. The van der Waals surface area contributed by atoms with E-state index in [1.54, 1.807) is 14.1 Å². The summed E-state index contributed by atoms with van der Waals surface area (Å²) in [5, 5.41) is 9.81. The second-order valence-electron chi connectivity index (χ2n) is 1.57. The highest BCUT2D eigenvalue weighted by atomic mass is 16.6. The van der Waals surface area contributed by atoms with Crippen LogP contribution in [0.4, 0.5) is 0 Å². The van der Waals surface area contributed by atoms with Crippen LogP contribution in [0.25, 0.3) is 0 Å². The first-order chi connectivity index (χ1) is 3.55. The van der Waals surface area contributed by atoms with Crippen molar-refractivity contribution in [3.63, 3.8) is 0 Å². The van der Waals surface area contributed by atoms with Crippen LogP contribution in [-0.4, -0.2) is 23.9 Å². The lowest BCUT2D eigenvalue weighted by molar-refractivity contribution is -0.443. The Labute approximate surface area is 47.6 Å². The summed E-state index contributed by atoms with van der Waals surface area (Å²) >= 11 is 0. The molecule has 8 heavy (non-hydrogen) atoms. The first kappa shape index (κ1) is 6.94. The van der Waals surface area contributed by atoms with Gasteiger partial charge in [0.2, 0.25) is 0 Å². The quantitative estimate of drug-likeness (QED) is 0.385. The smallest absolute Gasteiger partial charge is 0.310 e. The molecule has 4 nitrogen and oxygen atoms in total. The van der Waals surface area contributed by atoms with Crippen molar-refractivity contribution in [1.29, 1.82) is 0 Å². The van der Waals surface area contributed by atoms with E-state index in [0.29, 0.717) is 0 Å². The van der Waals surface area contributed by atoms with Crippen molar-refractivity contribution >= 4 is 0 Å². The Bertz CT molecular complexity index is 119. The average molecular weight is 116 g/mol. The third-order valence-electron chi connectivity index (χ3n) is 0.727. The highest BCUT2D eigenvalue weighted by Gasteiger charge is 2.04. The topological polar surface area (TPSA) is 46.4 Å². The van der Waals surface area contributed by atoms with Crippen LogP contribution in [-0.2, 0) is 0 Å². The second kappa shape index (κ2) is 2.30. The lowest BCUT2D eigenvalue weighted by Gasteiger charge is -2.04. The molecule has 0 aromatic carbocycles. The highest BCUT2D eigenvalue weighted by molar-refractivity contribution is 4.74. The number of hydrogen-bond acceptors (Lipinski definition) is 3. The molecule has 0 fully saturated rings. The Morgan fingerprint density at radius 1 is 1.75 bits per heavy atom. The standard InChI is InChI=1S/C4H8N2O2/c1-4(5(2)3)6(7)8/h1H2,2-3H3. The Morgan fingerprint density at radius 3 is 2.12 bits per heavy atom. The summed E-state index contributed by atoms with van der Waals surface area (Å²) in [4.78, 5) is 10.6. The molecule has 0 aliphatic carbocycles. The Morgan fingerprint density at radius 2 is 2.12 bits per heavy atom. The number of nitro groups is 1. The molecule has 0 aliphatic rings. The fourth-order valence-corrected chi connectivity index (χ4v) is 0.163. The van der Waals surface area contributed by atoms with Crippen molar-refractivity contribution < 1.29 is 4.92 Å². The van der Waals surface area contributed by atoms with Crippen LogP contribution in [0.1, 0.15) is 0 Å². The summed E-state index contributed by atoms with van der Waals surface area (Å²) in [7, 11) is 3.15. The molecule has 0 rings (SSSR count). The van der Waals surface area contributed by atoms with E-state index in [2.05, 4.69) is 6.58 Å². The first-order valence-electron chi connectivity index (χ1n) is 2.06. The van der Waals surface area contributed by atoms with Crippen LogP contribution in [0.15, 0.2) is 12.4 Å². The summed E-state index contributed by atoms with van der Waals surface area (Å²) in [5.74, 6) is -0.0926. The van der Waals surface area contributed by atoms with Gasteiger partial charge in [0.1, 0.15) is 0 Å². The SMILES string of the molecule is C=C(N(C)C)[N+](=O)[O-]. The maximum Gasteiger partial charge on any atom is 0.310 e. The van der Waals surface area contributed by atoms with Gasteiger partial charge >= 0.3 is 5.82 Å². The minimum Gasteiger partial charge on any atom is -0.358 e. The minimum absolute atomic E-state index is 0.0926. The van der Waals surface area contributed by atoms with E-state index in [9.17, 15) is 10.1 Å². The summed E-state index contributed by atoms with van der Waals surface area (Å²) in [6.07, 6.45) is 0. The zero-order chi connectivity index (χ0) is 6.73. The van der Waals surface area contributed by atoms with Gasteiger partial charge in [0.25, 0.3) is 0 Å². The predicted octanol–water partition coefficient (Wildman–Crippen LogP) is 0.296. The molecule has 0 atom stereocenters. The van der Waals surface area contributed by atoms with Gasteiger partial charge in [-0.25, -0.2) is 0 Å². The van der Waals surface area contributed by atoms with Crippen LogP contribution >= 0.6 is 0 Å². The van der Waals surface area contributed by atoms with E-state index in [1.165, 1.54) is 4.90 Å². The minimum atomic E-state index is -0.528. The van der Waals surface area contributed by atoms with Crippen LogP contribution in [0.2, 0.25) is 0 Å². The third kappa shape index (κ3) is 1.59. The van der Waals surface area contributed by atoms with Gasteiger partial charge in [-0.3, -0.25) is 4.90 Å². The molecule has 0 spiro atoms. The molecule has 46 valence electrons. The second-order valence-corrected chi connectivity index (χ2v) is 1.57. The van der Waals surface area contributed by atoms with E-state index >= 15 is 0 Å². The number of hydrogen-bond donors (Lipinski definition) is 0. The van der Waals surface area contributed by atoms with Crippen molar-refractivity contribution in [3.05, 3.63) is 22.5 Å². The molecule has 4 heteroatoms. The lowest BCUT2D eigenvalue weighted by Crippen LogP contribution is -2.16. The molecule has 0 saturated carbocycles. The highest BCUT2D eigenvalue weighted by Crippen LogP contribution is 1.91. The summed E-state index contributed by atoms with van der Waals surface area (Å²) < 4.78 is 0. The summed E-state index contributed by atoms with van der Waals surface area (Å²) in [5.41, 5.74) is 0. The van der Waals surface area contributed by atoms with Gasteiger partial charge in [-0.1, -0.05) is 0 Å². The molecule has 0 unspecified atom stereocenters. The lowest BCUT2D eigenvalue weighted by atomic mass is 10.7. The molecule has 0 amide bonds. The largest absolute Gasteiger partial charge is 0.358 e. The Balaban J connectivity index is 3.84. The zero-order valence-corrected chi connectivity index (χ0v) is 4.92. The molecular formula is C4H8N2O2. The molecule has 0 N–H and O–H groups in total. The van der Waals surface area contributed by atoms with Crippen LogP contribution < -0.4 is 0 Å². The molecule has 0 bridgehead atoms. The summed E-state index contributed by atoms with van der Waals surface area (Å²) in [6, 6.07) is 0. The normalized spacial score (nSPS) is 8.25. The monoisotopic (exact) mass is 116 g/mol. The van der Waals surface area contributed by atoms with E-state index in [-0.39, 0.29) is 5.82 Å². The molecule has 0 aromatic rings. The van der Waals surface area contributed by atoms with Gasteiger partial charge < -0.3 is 10.1 Å². The third-order valence-corrected chi connectivity index (χ3v) is 0.727. The van der Waals surface area contributed by atoms with E-state index in [4.69, 9.17) is 0 Å². The van der Waals surface area contributed by atoms with Gasteiger partial charge in [0.05, 0.1) is 14.1 Å². The molecule has 0 heterocycles. The van der Waals surface area contributed by atoms with Crippen molar-refractivity contribution in [3.8, 4) is 0 Å². The first-order valence-corrected chi connectivity index (χ1v) is 2.06. The fourth-order valence-electron chi connectivity index (χ4n) is 0.163. The molecule has 0 saturated heterocycles. The van der Waals surface area contributed by atoms with E-state index in [0.717, 1.165) is 0 Å². The van der Waals surface area contributed by atoms with Crippen LogP contribution in [0, 0.1) is 10.1 Å². The molecule has 0 radical (unpaired) electrons. The van der Waals surface area contributed by atoms with Crippen LogP contribution in [0.3, 0.4) is 0 Å². The molecule has 0 aromatic heterocycles. The molecule has 0 aliphatic heterocycles. The Kier molecular flexibility index (Phi) is 1.99. The average Bonchev–Trinajstić information content (AvgIpc) is 1.64. The van der Waals surface area contributed by atoms with Crippen molar-refractivity contribution in [1.82, 2.24) is 4.90 Å². The van der Waals surface area contributed by atoms with Crippen molar-refractivity contribution in [2.75, 3.05) is 14.1 Å². The van der Waals surface area contributed by atoms with Crippen molar-refractivity contribution in [2.45, 2.75) is 0 Å². The van der Waals surface area contributed by atoms with E-state index < -0.39 is 4.92 Å². The van der Waals surface area contributed by atoms with Crippen LogP contribution in [0.5, 0.6) is 0 Å². The van der Waals surface area contributed by atoms with E-state index in [1.807, 2.05) is 0 Å². The van der Waals surface area contributed by atoms with Gasteiger partial charge in [0.15, 0.2) is 0 Å². The predicted molar refractivity (Wildman–Crippen MR) is 29.8 cm³/mol.